The van der Waals surface area contributed by atoms with Gasteiger partial charge in [0.15, 0.2) is 9.84 Å². The molecule has 1 aliphatic rings. The minimum Gasteiger partial charge on any atom is -0.330 e. The molecule has 0 saturated heterocycles. The molecule has 0 heterocycles. The molecule has 0 aromatic heterocycles. The topological polar surface area (TPSA) is 106 Å². The summed E-state index contributed by atoms with van der Waals surface area (Å²) in [4.78, 5) is -0.380. The van der Waals surface area contributed by atoms with Crippen LogP contribution in [-0.4, -0.2) is 35.7 Å². The van der Waals surface area contributed by atoms with E-state index >= 15 is 0 Å². The molecular formula is C13H20N2O4S2. The van der Waals surface area contributed by atoms with Crippen LogP contribution in [0.1, 0.15) is 19.3 Å². The lowest BCUT2D eigenvalue weighted by atomic mass is 10.1. The van der Waals surface area contributed by atoms with Gasteiger partial charge in [0.25, 0.3) is 0 Å². The van der Waals surface area contributed by atoms with Crippen LogP contribution < -0.4 is 10.5 Å². The maximum absolute atomic E-state index is 12.5. The number of hydrogen-bond acceptors (Lipinski definition) is 5. The highest BCUT2D eigenvalue weighted by atomic mass is 32.2. The highest BCUT2D eigenvalue weighted by Crippen LogP contribution is 2.27. The van der Waals surface area contributed by atoms with E-state index in [1.54, 1.807) is 0 Å². The summed E-state index contributed by atoms with van der Waals surface area (Å²) in [6.45, 7) is 0.418. The lowest BCUT2D eigenvalue weighted by molar-refractivity contribution is 0.452. The van der Waals surface area contributed by atoms with Crippen molar-refractivity contribution in [3.63, 3.8) is 0 Å². The zero-order chi connectivity index (χ0) is 15.7. The maximum atomic E-state index is 12.5. The van der Waals surface area contributed by atoms with Gasteiger partial charge in [-0.1, -0.05) is 18.6 Å². The number of nitrogens with two attached hydrogens (primary N) is 1. The Bertz CT molecular complexity index is 713. The third-order valence-corrected chi connectivity index (χ3v) is 6.64. The number of sulfone groups is 1. The molecule has 1 aliphatic carbocycles. The first kappa shape index (κ1) is 16.4. The van der Waals surface area contributed by atoms with Crippen molar-refractivity contribution in [2.75, 3.05) is 12.8 Å². The fourth-order valence-corrected chi connectivity index (χ4v) is 5.68. The molecule has 6 nitrogen and oxygen atoms in total. The Morgan fingerprint density at radius 2 is 1.76 bits per heavy atom. The van der Waals surface area contributed by atoms with E-state index < -0.39 is 19.9 Å². The molecule has 3 N–H and O–H groups in total. The minimum absolute atomic E-state index is 0.102. The van der Waals surface area contributed by atoms with Gasteiger partial charge in [-0.2, -0.15) is 0 Å². The van der Waals surface area contributed by atoms with Gasteiger partial charge in [0.1, 0.15) is 4.90 Å². The van der Waals surface area contributed by atoms with Crippen LogP contribution in [0.2, 0.25) is 0 Å². The molecule has 8 heteroatoms. The Hall–Kier alpha value is -0.960. The molecule has 2 rings (SSSR count). The van der Waals surface area contributed by atoms with E-state index in [2.05, 4.69) is 4.72 Å². The van der Waals surface area contributed by atoms with Crippen molar-refractivity contribution >= 4 is 19.9 Å². The Balaban J connectivity index is 2.37. The smallest absolute Gasteiger partial charge is 0.242 e. The van der Waals surface area contributed by atoms with Crippen molar-refractivity contribution in [3.05, 3.63) is 24.3 Å². The normalized spacial score (nSPS) is 23.3. The molecule has 0 radical (unpaired) electrons. The first-order chi connectivity index (χ1) is 9.75. The predicted octanol–water partition coefficient (Wildman–Crippen LogP) is 0.496. The minimum atomic E-state index is -3.89. The highest BCUT2D eigenvalue weighted by Gasteiger charge is 2.32. The summed E-state index contributed by atoms with van der Waals surface area (Å²) in [5.74, 6) is 0.102. The molecule has 1 fully saturated rings. The van der Waals surface area contributed by atoms with Gasteiger partial charge < -0.3 is 5.73 Å². The Morgan fingerprint density at radius 3 is 2.33 bits per heavy atom. The summed E-state index contributed by atoms with van der Waals surface area (Å²) in [7, 11) is -7.50. The number of nitrogens with one attached hydrogen (secondary N) is 1. The lowest BCUT2D eigenvalue weighted by Crippen LogP contribution is -2.40. The van der Waals surface area contributed by atoms with Crippen LogP contribution in [0.5, 0.6) is 0 Å². The summed E-state index contributed by atoms with van der Waals surface area (Å²) in [6.07, 6.45) is 3.53. The van der Waals surface area contributed by atoms with Crippen molar-refractivity contribution in [3.8, 4) is 0 Å². The summed E-state index contributed by atoms with van der Waals surface area (Å²) in [5.41, 5.74) is 5.65. The van der Waals surface area contributed by atoms with E-state index in [1.165, 1.54) is 24.3 Å². The van der Waals surface area contributed by atoms with Gasteiger partial charge in [0, 0.05) is 12.3 Å². The van der Waals surface area contributed by atoms with Gasteiger partial charge in [0.2, 0.25) is 10.0 Å². The van der Waals surface area contributed by atoms with E-state index in [1.807, 2.05) is 0 Å². The highest BCUT2D eigenvalue weighted by molar-refractivity contribution is 7.93. The van der Waals surface area contributed by atoms with Crippen molar-refractivity contribution in [1.82, 2.24) is 4.72 Å². The average Bonchev–Trinajstić information content (AvgIpc) is 2.84. The summed E-state index contributed by atoms with van der Waals surface area (Å²) in [6, 6.07) is 5.41. The molecule has 1 aromatic carbocycles. The van der Waals surface area contributed by atoms with Crippen molar-refractivity contribution in [2.45, 2.75) is 35.1 Å². The Morgan fingerprint density at radius 1 is 1.14 bits per heavy atom. The van der Waals surface area contributed by atoms with Crippen LogP contribution in [0.25, 0.3) is 0 Å². The molecule has 1 aromatic rings. The summed E-state index contributed by atoms with van der Waals surface area (Å²) in [5, 5.41) is 0. The van der Waals surface area contributed by atoms with Gasteiger partial charge in [-0.05, 0) is 37.4 Å². The second-order valence-electron chi connectivity index (χ2n) is 5.37. The SMILES string of the molecule is CS(=O)(=O)c1ccccc1S(=O)(=O)N[C@H]1CCC[C@H]1CN. The molecule has 0 unspecified atom stereocenters. The third kappa shape index (κ3) is 3.63. The fraction of sp³-hybridized carbons (Fsp3) is 0.538. The van der Waals surface area contributed by atoms with E-state index in [9.17, 15) is 16.8 Å². The van der Waals surface area contributed by atoms with Crippen LogP contribution >= 0.6 is 0 Å². The van der Waals surface area contributed by atoms with Crippen molar-refractivity contribution in [2.24, 2.45) is 11.7 Å². The van der Waals surface area contributed by atoms with E-state index in [4.69, 9.17) is 5.73 Å². The number of benzene rings is 1. The quantitative estimate of drug-likeness (QED) is 0.816. The molecule has 0 amide bonds. The zero-order valence-corrected chi connectivity index (χ0v) is 13.5. The second kappa shape index (κ2) is 6.04. The molecular weight excluding hydrogens is 312 g/mol. The molecule has 0 spiro atoms. The van der Waals surface area contributed by atoms with Crippen LogP contribution in [0.3, 0.4) is 0 Å². The van der Waals surface area contributed by atoms with Gasteiger partial charge in [0.05, 0.1) is 4.90 Å². The lowest BCUT2D eigenvalue weighted by Gasteiger charge is -2.20. The largest absolute Gasteiger partial charge is 0.330 e. The first-order valence-corrected chi connectivity index (χ1v) is 10.1. The monoisotopic (exact) mass is 332 g/mol. The predicted molar refractivity (Wildman–Crippen MR) is 80.1 cm³/mol. The molecule has 118 valence electrons. The second-order valence-corrected chi connectivity index (χ2v) is 9.04. The van der Waals surface area contributed by atoms with Gasteiger partial charge >= 0.3 is 0 Å². The van der Waals surface area contributed by atoms with Gasteiger partial charge in [-0.3, -0.25) is 0 Å². The Labute approximate surface area is 125 Å². The molecule has 1 saturated carbocycles. The van der Waals surface area contributed by atoms with Crippen molar-refractivity contribution < 1.29 is 16.8 Å². The maximum Gasteiger partial charge on any atom is 0.242 e. The first-order valence-electron chi connectivity index (χ1n) is 6.77. The number of hydrogen-bond donors (Lipinski definition) is 2. The average molecular weight is 332 g/mol. The third-order valence-electron chi connectivity index (χ3n) is 3.81. The molecule has 0 bridgehead atoms. The Kier molecular flexibility index (Phi) is 4.72. The summed E-state index contributed by atoms with van der Waals surface area (Å²) >= 11 is 0. The van der Waals surface area contributed by atoms with Crippen LogP contribution in [-0.2, 0) is 19.9 Å². The van der Waals surface area contributed by atoms with Crippen molar-refractivity contribution in [1.29, 1.82) is 0 Å². The summed E-state index contributed by atoms with van der Waals surface area (Å²) < 4.78 is 51.1. The standard InChI is InChI=1S/C13H20N2O4S2/c1-20(16,17)12-7-2-3-8-13(12)21(18,19)15-11-6-4-5-10(11)9-14/h2-3,7-8,10-11,15H,4-6,9,14H2,1H3/t10-,11-/m0/s1. The molecule has 21 heavy (non-hydrogen) atoms. The van der Waals surface area contributed by atoms with Crippen LogP contribution in [0.15, 0.2) is 34.1 Å². The van der Waals surface area contributed by atoms with E-state index in [0.717, 1.165) is 25.5 Å². The van der Waals surface area contributed by atoms with Crippen LogP contribution in [0.4, 0.5) is 0 Å². The molecule has 0 aliphatic heterocycles. The van der Waals surface area contributed by atoms with E-state index in [0.29, 0.717) is 6.54 Å². The molecule has 2 atom stereocenters. The van der Waals surface area contributed by atoms with Gasteiger partial charge in [-0.25, -0.2) is 21.6 Å². The number of sulfonamides is 1. The fourth-order valence-electron chi connectivity index (χ4n) is 2.72. The van der Waals surface area contributed by atoms with Gasteiger partial charge in [-0.15, -0.1) is 0 Å². The van der Waals surface area contributed by atoms with Crippen LogP contribution in [0, 0.1) is 5.92 Å². The van der Waals surface area contributed by atoms with E-state index in [-0.39, 0.29) is 21.8 Å². The zero-order valence-electron chi connectivity index (χ0n) is 11.8. The number of rotatable bonds is 5.